The standard InChI is InChI=1S/C14H15BrO6/c1-3-19-13(17)11(16)12(14(18)20-4-2)21-10-8-6-5-7-9(10)15/h5-8,12H,3-4H2,1-2H3. The van der Waals surface area contributed by atoms with Crippen molar-refractivity contribution in [3.8, 4) is 5.75 Å². The minimum Gasteiger partial charge on any atom is -0.469 e. The van der Waals surface area contributed by atoms with Gasteiger partial charge in [-0.1, -0.05) is 12.1 Å². The van der Waals surface area contributed by atoms with Gasteiger partial charge in [0.2, 0.25) is 0 Å². The van der Waals surface area contributed by atoms with Crippen LogP contribution in [0.2, 0.25) is 0 Å². The molecule has 21 heavy (non-hydrogen) atoms. The molecule has 1 unspecified atom stereocenters. The molecule has 0 bridgehead atoms. The second-order valence-corrected chi connectivity index (χ2v) is 4.62. The summed E-state index contributed by atoms with van der Waals surface area (Å²) in [5.74, 6) is -2.94. The molecule has 0 aliphatic rings. The van der Waals surface area contributed by atoms with Gasteiger partial charge in [-0.2, -0.15) is 0 Å². The number of benzene rings is 1. The Balaban J connectivity index is 2.97. The Bertz CT molecular complexity index is 528. The van der Waals surface area contributed by atoms with Crippen molar-refractivity contribution in [2.75, 3.05) is 13.2 Å². The van der Waals surface area contributed by atoms with Crippen LogP contribution < -0.4 is 4.74 Å². The Morgan fingerprint density at radius 1 is 1.10 bits per heavy atom. The van der Waals surface area contributed by atoms with Crippen molar-refractivity contribution in [3.63, 3.8) is 0 Å². The molecule has 0 saturated heterocycles. The van der Waals surface area contributed by atoms with Crippen LogP contribution in [0.1, 0.15) is 13.8 Å². The first-order valence-electron chi connectivity index (χ1n) is 6.30. The van der Waals surface area contributed by atoms with E-state index in [4.69, 9.17) is 9.47 Å². The van der Waals surface area contributed by atoms with Gasteiger partial charge in [-0.3, -0.25) is 4.79 Å². The Labute approximate surface area is 130 Å². The second-order valence-electron chi connectivity index (χ2n) is 3.77. The fraction of sp³-hybridized carbons (Fsp3) is 0.357. The van der Waals surface area contributed by atoms with Crippen LogP contribution >= 0.6 is 15.9 Å². The van der Waals surface area contributed by atoms with Gasteiger partial charge in [0.05, 0.1) is 17.7 Å². The van der Waals surface area contributed by atoms with E-state index in [1.54, 1.807) is 38.1 Å². The average Bonchev–Trinajstić information content (AvgIpc) is 2.46. The van der Waals surface area contributed by atoms with Crippen LogP contribution in [0.15, 0.2) is 28.7 Å². The van der Waals surface area contributed by atoms with Crippen LogP contribution in [0, 0.1) is 0 Å². The van der Waals surface area contributed by atoms with Crippen LogP contribution in [0.3, 0.4) is 0 Å². The van der Waals surface area contributed by atoms with Crippen LogP contribution in [0.25, 0.3) is 0 Å². The number of carbonyl (C=O) groups excluding carboxylic acids is 3. The highest BCUT2D eigenvalue weighted by molar-refractivity contribution is 9.10. The first-order chi connectivity index (χ1) is 10.0. The number of ether oxygens (including phenoxy) is 3. The SMILES string of the molecule is CCOC(=O)C(=O)C(Oc1ccccc1Br)C(=O)OCC. The molecule has 0 saturated carbocycles. The van der Waals surface area contributed by atoms with E-state index in [0.29, 0.717) is 4.47 Å². The maximum absolute atomic E-state index is 11.9. The van der Waals surface area contributed by atoms with Crippen molar-refractivity contribution in [2.45, 2.75) is 20.0 Å². The van der Waals surface area contributed by atoms with Gasteiger partial charge in [-0.15, -0.1) is 0 Å². The number of Topliss-reactive ketones (excluding diaryl/α,β-unsaturated/α-hetero) is 1. The minimum absolute atomic E-state index is 0.0230. The summed E-state index contributed by atoms with van der Waals surface area (Å²) in [7, 11) is 0. The molecule has 1 rings (SSSR count). The van der Waals surface area contributed by atoms with Crippen molar-refractivity contribution in [3.05, 3.63) is 28.7 Å². The van der Waals surface area contributed by atoms with Gasteiger partial charge < -0.3 is 14.2 Å². The Hall–Kier alpha value is -1.89. The van der Waals surface area contributed by atoms with Gasteiger partial charge in [0, 0.05) is 0 Å². The molecule has 1 atom stereocenters. The van der Waals surface area contributed by atoms with E-state index < -0.39 is 23.8 Å². The molecule has 0 heterocycles. The maximum Gasteiger partial charge on any atom is 0.379 e. The largest absolute Gasteiger partial charge is 0.469 e. The molecule has 0 aliphatic heterocycles. The van der Waals surface area contributed by atoms with E-state index in [1.807, 2.05) is 0 Å². The highest BCUT2D eigenvalue weighted by Gasteiger charge is 2.36. The summed E-state index contributed by atoms with van der Waals surface area (Å²) >= 11 is 3.23. The summed E-state index contributed by atoms with van der Waals surface area (Å²) in [5.41, 5.74) is 0. The first kappa shape index (κ1) is 17.2. The molecule has 1 aromatic rings. The van der Waals surface area contributed by atoms with Crippen molar-refractivity contribution in [1.29, 1.82) is 0 Å². The lowest BCUT2D eigenvalue weighted by atomic mass is 10.2. The van der Waals surface area contributed by atoms with E-state index in [9.17, 15) is 14.4 Å². The number of para-hydroxylation sites is 1. The summed E-state index contributed by atoms with van der Waals surface area (Å²) in [6.07, 6.45) is -1.69. The number of hydrogen-bond donors (Lipinski definition) is 0. The molecule has 0 radical (unpaired) electrons. The Morgan fingerprint density at radius 2 is 1.71 bits per heavy atom. The zero-order valence-corrected chi connectivity index (χ0v) is 13.2. The molecule has 0 aromatic heterocycles. The number of halogens is 1. The second kappa shape index (κ2) is 8.41. The van der Waals surface area contributed by atoms with Gasteiger partial charge >= 0.3 is 11.9 Å². The Kier molecular flexibility index (Phi) is 6.87. The normalized spacial score (nSPS) is 11.4. The molecule has 0 aliphatic carbocycles. The van der Waals surface area contributed by atoms with Gasteiger partial charge in [0.15, 0.2) is 0 Å². The fourth-order valence-electron chi connectivity index (χ4n) is 1.40. The Morgan fingerprint density at radius 3 is 2.29 bits per heavy atom. The molecular weight excluding hydrogens is 344 g/mol. The number of esters is 2. The highest BCUT2D eigenvalue weighted by atomic mass is 79.9. The van der Waals surface area contributed by atoms with Crippen molar-refractivity contribution < 1.29 is 28.6 Å². The first-order valence-corrected chi connectivity index (χ1v) is 7.09. The highest BCUT2D eigenvalue weighted by Crippen LogP contribution is 2.25. The topological polar surface area (TPSA) is 78.9 Å². The van der Waals surface area contributed by atoms with E-state index in [2.05, 4.69) is 20.7 Å². The van der Waals surface area contributed by atoms with Crippen molar-refractivity contribution in [2.24, 2.45) is 0 Å². The minimum atomic E-state index is -1.69. The molecule has 7 heteroatoms. The molecule has 0 fully saturated rings. The maximum atomic E-state index is 11.9. The number of hydrogen-bond acceptors (Lipinski definition) is 6. The van der Waals surface area contributed by atoms with Crippen LogP contribution in [0.5, 0.6) is 5.75 Å². The third kappa shape index (κ3) is 4.86. The van der Waals surface area contributed by atoms with E-state index in [-0.39, 0.29) is 19.0 Å². The zero-order valence-electron chi connectivity index (χ0n) is 11.6. The summed E-state index contributed by atoms with van der Waals surface area (Å²) in [4.78, 5) is 35.3. The van der Waals surface area contributed by atoms with Crippen LogP contribution in [-0.4, -0.2) is 37.0 Å². The predicted octanol–water partition coefficient (Wildman–Crippen LogP) is 1.89. The number of carbonyl (C=O) groups is 3. The third-order valence-corrected chi connectivity index (χ3v) is 2.95. The van der Waals surface area contributed by atoms with Crippen LogP contribution in [0.4, 0.5) is 0 Å². The predicted molar refractivity (Wildman–Crippen MR) is 76.8 cm³/mol. The van der Waals surface area contributed by atoms with E-state index in [0.717, 1.165) is 0 Å². The quantitative estimate of drug-likeness (QED) is 0.420. The molecular formula is C14H15BrO6. The molecule has 114 valence electrons. The molecule has 0 spiro atoms. The summed E-state index contributed by atoms with van der Waals surface area (Å²) in [6, 6.07) is 6.63. The molecule has 0 amide bonds. The molecule has 0 N–H and O–H groups in total. The monoisotopic (exact) mass is 358 g/mol. The number of rotatable bonds is 7. The van der Waals surface area contributed by atoms with Crippen molar-refractivity contribution in [1.82, 2.24) is 0 Å². The van der Waals surface area contributed by atoms with Gasteiger partial charge in [-0.25, -0.2) is 9.59 Å². The summed E-state index contributed by atoms with van der Waals surface area (Å²) in [5, 5.41) is 0. The smallest absolute Gasteiger partial charge is 0.379 e. The third-order valence-electron chi connectivity index (χ3n) is 2.30. The lowest BCUT2D eigenvalue weighted by Gasteiger charge is -2.16. The van der Waals surface area contributed by atoms with Gasteiger partial charge in [0.25, 0.3) is 11.9 Å². The van der Waals surface area contributed by atoms with Crippen LogP contribution in [-0.2, 0) is 23.9 Å². The molecule has 6 nitrogen and oxygen atoms in total. The van der Waals surface area contributed by atoms with Crippen molar-refractivity contribution >= 4 is 33.7 Å². The number of ketones is 1. The lowest BCUT2D eigenvalue weighted by Crippen LogP contribution is -2.42. The summed E-state index contributed by atoms with van der Waals surface area (Å²) in [6.45, 7) is 3.22. The van der Waals surface area contributed by atoms with Gasteiger partial charge in [-0.05, 0) is 41.9 Å². The van der Waals surface area contributed by atoms with E-state index in [1.165, 1.54) is 0 Å². The fourth-order valence-corrected chi connectivity index (χ4v) is 1.78. The lowest BCUT2D eigenvalue weighted by molar-refractivity contribution is -0.165. The van der Waals surface area contributed by atoms with E-state index >= 15 is 0 Å². The summed E-state index contributed by atoms with van der Waals surface area (Å²) < 4.78 is 15.2. The average molecular weight is 359 g/mol. The molecule has 1 aromatic carbocycles. The zero-order chi connectivity index (χ0) is 15.8. The van der Waals surface area contributed by atoms with Gasteiger partial charge in [0.1, 0.15) is 5.75 Å².